The molecule has 0 saturated carbocycles. The summed E-state index contributed by atoms with van der Waals surface area (Å²) < 4.78 is 40.6. The van der Waals surface area contributed by atoms with Crippen molar-refractivity contribution in [2.24, 2.45) is 0 Å². The van der Waals surface area contributed by atoms with Gasteiger partial charge in [-0.25, -0.2) is 9.97 Å². The molecule has 0 bridgehead atoms. The van der Waals surface area contributed by atoms with Crippen molar-refractivity contribution in [3.05, 3.63) is 54.5 Å². The van der Waals surface area contributed by atoms with E-state index in [1.165, 1.54) is 12.3 Å². The first-order chi connectivity index (χ1) is 12.3. The molecule has 3 N–H and O–H groups in total. The number of rotatable bonds is 3. The minimum Gasteiger partial charge on any atom is -0.383 e. The Labute approximate surface area is 146 Å². The summed E-state index contributed by atoms with van der Waals surface area (Å²) in [4.78, 5) is 19.4. The van der Waals surface area contributed by atoms with Gasteiger partial charge in [-0.3, -0.25) is 4.79 Å². The van der Waals surface area contributed by atoms with Crippen molar-refractivity contribution in [2.75, 3.05) is 11.1 Å². The molecule has 0 saturated heterocycles. The van der Waals surface area contributed by atoms with Gasteiger partial charge in [0.05, 0.1) is 11.8 Å². The summed E-state index contributed by atoms with van der Waals surface area (Å²) in [7, 11) is 0. The molecular weight excluding hydrogens is 347 g/mol. The average Bonchev–Trinajstić information content (AvgIpc) is 2.95. The molecule has 0 unspecified atom stereocenters. The largest absolute Gasteiger partial charge is 0.419 e. The van der Waals surface area contributed by atoms with Crippen LogP contribution in [0.15, 0.2) is 48.9 Å². The lowest BCUT2D eigenvalue weighted by Gasteiger charge is -2.11. The second kappa shape index (κ2) is 6.51. The van der Waals surface area contributed by atoms with Crippen molar-refractivity contribution in [2.45, 2.75) is 13.1 Å². The predicted molar refractivity (Wildman–Crippen MR) is 91.3 cm³/mol. The van der Waals surface area contributed by atoms with E-state index in [1.54, 1.807) is 41.9 Å². The molecule has 0 radical (unpaired) electrons. The first-order valence-electron chi connectivity index (χ1n) is 7.53. The van der Waals surface area contributed by atoms with E-state index in [9.17, 15) is 18.0 Å². The first kappa shape index (κ1) is 17.5. The predicted octanol–water partition coefficient (Wildman–Crippen LogP) is 3.51. The van der Waals surface area contributed by atoms with Gasteiger partial charge in [0.15, 0.2) is 5.82 Å². The number of nitrogen functional groups attached to an aromatic ring is 1. The van der Waals surface area contributed by atoms with Gasteiger partial charge in [0, 0.05) is 23.5 Å². The minimum atomic E-state index is -4.59. The Hall–Kier alpha value is -3.36. The number of anilines is 2. The zero-order valence-corrected chi connectivity index (χ0v) is 13.6. The number of carbonyl (C=O) groups excluding carboxylic acids is 1. The number of nitrogens with zero attached hydrogens (tertiary/aromatic N) is 3. The fourth-order valence-electron chi connectivity index (χ4n) is 2.40. The Kier molecular flexibility index (Phi) is 4.37. The molecule has 0 fully saturated rings. The molecule has 6 nitrogen and oxygen atoms in total. The van der Waals surface area contributed by atoms with Crippen LogP contribution < -0.4 is 11.1 Å². The molecule has 0 aliphatic rings. The summed E-state index contributed by atoms with van der Waals surface area (Å²) in [6.45, 7) is 1.71. The number of imidazole rings is 1. The zero-order valence-electron chi connectivity index (χ0n) is 13.6. The molecule has 0 atom stereocenters. The van der Waals surface area contributed by atoms with E-state index in [1.807, 2.05) is 0 Å². The molecule has 26 heavy (non-hydrogen) atoms. The van der Waals surface area contributed by atoms with Crippen molar-refractivity contribution in [3.63, 3.8) is 0 Å². The third-order valence-electron chi connectivity index (χ3n) is 3.58. The molecule has 3 aromatic heterocycles. The second-order valence-electron chi connectivity index (χ2n) is 5.45. The molecule has 3 rings (SSSR count). The van der Waals surface area contributed by atoms with E-state index in [2.05, 4.69) is 15.3 Å². The van der Waals surface area contributed by atoms with Gasteiger partial charge >= 0.3 is 6.18 Å². The van der Waals surface area contributed by atoms with Gasteiger partial charge in [-0.05, 0) is 31.2 Å². The Morgan fingerprint density at radius 2 is 2.04 bits per heavy atom. The normalized spacial score (nSPS) is 12.0. The van der Waals surface area contributed by atoms with E-state index < -0.39 is 17.6 Å². The average molecular weight is 361 g/mol. The van der Waals surface area contributed by atoms with Crippen molar-refractivity contribution in [3.8, 4) is 11.1 Å². The summed E-state index contributed by atoms with van der Waals surface area (Å²) in [5.74, 6) is -0.565. The van der Waals surface area contributed by atoms with Crippen LogP contribution in [0, 0.1) is 0 Å². The molecule has 0 spiro atoms. The van der Waals surface area contributed by atoms with Crippen LogP contribution >= 0.6 is 0 Å². The number of nitrogens with two attached hydrogens (primary N) is 1. The van der Waals surface area contributed by atoms with Gasteiger partial charge in [-0.1, -0.05) is 6.08 Å². The van der Waals surface area contributed by atoms with E-state index in [0.717, 1.165) is 6.07 Å². The molecule has 3 aromatic rings. The Morgan fingerprint density at radius 1 is 1.27 bits per heavy atom. The van der Waals surface area contributed by atoms with Gasteiger partial charge in [0.2, 0.25) is 5.91 Å². The lowest BCUT2D eigenvalue weighted by Crippen LogP contribution is -2.10. The molecule has 3 heterocycles. The number of nitrogens with one attached hydrogen (secondary N) is 1. The number of allylic oxidation sites excluding steroid dienone is 1. The number of aromatic nitrogens is 3. The van der Waals surface area contributed by atoms with Crippen LogP contribution in [0.1, 0.15) is 12.5 Å². The van der Waals surface area contributed by atoms with Gasteiger partial charge < -0.3 is 15.5 Å². The molecule has 9 heteroatoms. The van der Waals surface area contributed by atoms with Crippen molar-refractivity contribution >= 4 is 23.2 Å². The fourth-order valence-corrected chi connectivity index (χ4v) is 2.40. The number of hydrogen-bond acceptors (Lipinski definition) is 4. The summed E-state index contributed by atoms with van der Waals surface area (Å²) in [6.07, 6.45) is 2.80. The van der Waals surface area contributed by atoms with Gasteiger partial charge in [0.25, 0.3) is 0 Å². The topological polar surface area (TPSA) is 85.3 Å². The summed E-state index contributed by atoms with van der Waals surface area (Å²) in [5, 5.41) is 2.59. The number of carbonyl (C=O) groups is 1. The van der Waals surface area contributed by atoms with Crippen LogP contribution in [-0.2, 0) is 11.0 Å². The van der Waals surface area contributed by atoms with E-state index in [0.29, 0.717) is 17.0 Å². The van der Waals surface area contributed by atoms with E-state index >= 15 is 0 Å². The number of amides is 1. The third-order valence-corrected chi connectivity index (χ3v) is 3.58. The highest BCUT2D eigenvalue weighted by molar-refractivity contribution is 5.98. The second-order valence-corrected chi connectivity index (χ2v) is 5.45. The van der Waals surface area contributed by atoms with Gasteiger partial charge in [0.1, 0.15) is 11.5 Å². The van der Waals surface area contributed by atoms with Crippen LogP contribution in [0.3, 0.4) is 0 Å². The zero-order chi connectivity index (χ0) is 18.9. The smallest absolute Gasteiger partial charge is 0.383 e. The molecule has 134 valence electrons. The molecular formula is C17H14F3N5O. The van der Waals surface area contributed by atoms with Crippen molar-refractivity contribution in [1.29, 1.82) is 0 Å². The first-order valence-corrected chi connectivity index (χ1v) is 7.53. The van der Waals surface area contributed by atoms with E-state index in [4.69, 9.17) is 5.73 Å². The van der Waals surface area contributed by atoms with Crippen molar-refractivity contribution in [1.82, 2.24) is 14.4 Å². The number of hydrogen-bond donors (Lipinski definition) is 2. The Balaban J connectivity index is 1.98. The van der Waals surface area contributed by atoms with Crippen LogP contribution in [0.2, 0.25) is 0 Å². The highest BCUT2D eigenvalue weighted by Crippen LogP contribution is 2.35. The monoisotopic (exact) mass is 361 g/mol. The standard InChI is InChI=1S/C17H14F3N5O/c1-2-3-15(26)24-13-9-25-8-10(4-5-14(25)23-13)11-6-12(17(18,19)20)16(21)22-7-11/h2-9H,1H3,(H2,21,22)(H,24,26). The number of pyridine rings is 2. The third kappa shape index (κ3) is 3.51. The summed E-state index contributed by atoms with van der Waals surface area (Å²) in [5.41, 5.74) is 5.64. The quantitative estimate of drug-likeness (QED) is 0.699. The van der Waals surface area contributed by atoms with Crippen LogP contribution in [-0.4, -0.2) is 20.3 Å². The fraction of sp³-hybridized carbons (Fsp3) is 0.118. The maximum atomic E-state index is 13.0. The maximum absolute atomic E-state index is 13.0. The number of halogens is 3. The SMILES string of the molecule is CC=CC(=O)Nc1cn2cc(-c3cnc(N)c(C(F)(F)F)c3)ccc2n1. The maximum Gasteiger partial charge on any atom is 0.419 e. The van der Waals surface area contributed by atoms with Gasteiger partial charge in [-0.2, -0.15) is 13.2 Å². The van der Waals surface area contributed by atoms with Gasteiger partial charge in [-0.15, -0.1) is 0 Å². The number of fused-ring (bicyclic) bond motifs is 1. The number of alkyl halides is 3. The summed E-state index contributed by atoms with van der Waals surface area (Å²) >= 11 is 0. The highest BCUT2D eigenvalue weighted by Gasteiger charge is 2.34. The molecule has 1 amide bonds. The minimum absolute atomic E-state index is 0.265. The Bertz CT molecular complexity index is 1010. The lowest BCUT2D eigenvalue weighted by atomic mass is 10.1. The van der Waals surface area contributed by atoms with Crippen LogP contribution in [0.5, 0.6) is 0 Å². The van der Waals surface area contributed by atoms with E-state index in [-0.39, 0.29) is 11.5 Å². The Morgan fingerprint density at radius 3 is 2.73 bits per heavy atom. The van der Waals surface area contributed by atoms with Crippen LogP contribution in [0.4, 0.5) is 24.8 Å². The molecule has 0 aliphatic carbocycles. The summed E-state index contributed by atoms with van der Waals surface area (Å²) in [6, 6.07) is 4.20. The molecule has 0 aliphatic heterocycles. The lowest BCUT2D eigenvalue weighted by molar-refractivity contribution is -0.137. The highest BCUT2D eigenvalue weighted by atomic mass is 19.4. The molecule has 0 aromatic carbocycles. The van der Waals surface area contributed by atoms with Crippen LogP contribution in [0.25, 0.3) is 16.8 Å². The van der Waals surface area contributed by atoms with Crippen molar-refractivity contribution < 1.29 is 18.0 Å².